The molecule has 0 saturated heterocycles. The van der Waals surface area contributed by atoms with E-state index in [1.54, 1.807) is 0 Å². The molecule has 0 aromatic heterocycles. The van der Waals surface area contributed by atoms with Crippen molar-refractivity contribution in [2.24, 2.45) is 23.7 Å². The molecule has 6 atom stereocenters. The molecule has 4 unspecified atom stereocenters. The summed E-state index contributed by atoms with van der Waals surface area (Å²) in [5.74, 6) is 0.875. The second-order valence-electron chi connectivity index (χ2n) is 27.6. The molecule has 0 aliphatic carbocycles. The molecular formula is C72H140O17P2. The molecular weight excluding hydrogens is 1200 g/mol. The lowest BCUT2D eigenvalue weighted by atomic mass is 10.00. The van der Waals surface area contributed by atoms with E-state index in [1.165, 1.54) is 161 Å². The molecule has 0 radical (unpaired) electrons. The summed E-state index contributed by atoms with van der Waals surface area (Å²) < 4.78 is 68.3. The molecule has 0 aliphatic rings. The van der Waals surface area contributed by atoms with Gasteiger partial charge in [-0.15, -0.1) is 0 Å². The maximum absolute atomic E-state index is 13.0. The standard InChI is InChI=1S/C72H140O17P2/c1-9-65(8)51-43-35-30-31-39-47-55-72(77)89-68(59-83-70(75)53-45-37-28-23-22-26-34-42-50-64(6)7)61-87-91(80,81)85-57-66(73)56-84-90(78,79)86-60-67(58-82-69(74)52-44-36-27-20-17-13-15-19-25-33-41-49-63(4)5)88-71(76)54-46-38-29-21-16-12-10-11-14-18-24-32-40-48-62(2)3/h62-68,73H,9-61H2,1-8H3,(H,78,79)(H,80,81)/t65?,66?,67-,68-/m1/s1. The Balaban J connectivity index is 5.25. The number of carbonyl (C=O) groups is 4. The number of aliphatic hydroxyl groups is 1. The first-order valence-corrected chi connectivity index (χ1v) is 40.2. The number of unbranched alkanes of at least 4 members (excludes halogenated alkanes) is 34. The zero-order valence-corrected chi connectivity index (χ0v) is 61.3. The molecule has 0 spiro atoms. The average molecular weight is 1340 g/mol. The van der Waals surface area contributed by atoms with Gasteiger partial charge in [-0.3, -0.25) is 37.3 Å². The van der Waals surface area contributed by atoms with Crippen LogP contribution in [0, 0.1) is 23.7 Å². The van der Waals surface area contributed by atoms with Crippen molar-refractivity contribution in [3.05, 3.63) is 0 Å². The molecule has 0 saturated carbocycles. The van der Waals surface area contributed by atoms with Gasteiger partial charge in [0, 0.05) is 25.7 Å². The smallest absolute Gasteiger partial charge is 0.462 e. The predicted octanol–water partition coefficient (Wildman–Crippen LogP) is 20.5. The van der Waals surface area contributed by atoms with Crippen molar-refractivity contribution in [2.75, 3.05) is 39.6 Å². The van der Waals surface area contributed by atoms with Crippen molar-refractivity contribution < 1.29 is 80.2 Å². The molecule has 540 valence electrons. The molecule has 0 fully saturated rings. The molecule has 91 heavy (non-hydrogen) atoms. The van der Waals surface area contributed by atoms with Crippen LogP contribution >= 0.6 is 15.6 Å². The Morgan fingerprint density at radius 1 is 0.308 bits per heavy atom. The SMILES string of the molecule is CCC(C)CCCCCCCCC(=O)O[C@H](COC(=O)CCCCCCCCCCC(C)C)COP(=O)(O)OCC(O)COP(=O)(O)OC[C@@H](COC(=O)CCCCCCCCCCCCCC(C)C)OC(=O)CCCCCCCCCCCCCCCC(C)C. The van der Waals surface area contributed by atoms with E-state index >= 15 is 0 Å². The van der Waals surface area contributed by atoms with Crippen LogP contribution < -0.4 is 0 Å². The first-order chi connectivity index (χ1) is 43.6. The van der Waals surface area contributed by atoms with Gasteiger partial charge in [-0.1, -0.05) is 306 Å². The number of ether oxygens (including phenoxy) is 4. The fourth-order valence-electron chi connectivity index (χ4n) is 10.8. The van der Waals surface area contributed by atoms with Gasteiger partial charge in [0.1, 0.15) is 19.3 Å². The van der Waals surface area contributed by atoms with E-state index < -0.39 is 97.5 Å². The second kappa shape index (κ2) is 61.6. The lowest BCUT2D eigenvalue weighted by Gasteiger charge is -2.21. The third-order valence-electron chi connectivity index (χ3n) is 16.9. The van der Waals surface area contributed by atoms with E-state index in [1.807, 2.05) is 0 Å². The molecule has 0 rings (SSSR count). The lowest BCUT2D eigenvalue weighted by Crippen LogP contribution is -2.30. The lowest BCUT2D eigenvalue weighted by molar-refractivity contribution is -0.161. The van der Waals surface area contributed by atoms with E-state index in [4.69, 9.17) is 37.0 Å². The number of hydrogen-bond acceptors (Lipinski definition) is 15. The van der Waals surface area contributed by atoms with Gasteiger partial charge < -0.3 is 33.8 Å². The van der Waals surface area contributed by atoms with Gasteiger partial charge >= 0.3 is 39.5 Å². The monoisotopic (exact) mass is 1340 g/mol. The third-order valence-corrected chi connectivity index (χ3v) is 18.8. The van der Waals surface area contributed by atoms with Crippen molar-refractivity contribution in [1.82, 2.24) is 0 Å². The maximum atomic E-state index is 13.0. The first kappa shape index (κ1) is 89.1. The van der Waals surface area contributed by atoms with Gasteiger partial charge in [-0.2, -0.15) is 0 Å². The molecule has 3 N–H and O–H groups in total. The summed E-state index contributed by atoms with van der Waals surface area (Å²) in [4.78, 5) is 72.6. The molecule has 0 aromatic carbocycles. The molecule has 19 heteroatoms. The summed E-state index contributed by atoms with van der Waals surface area (Å²) in [7, 11) is -9.91. The number of esters is 4. The van der Waals surface area contributed by atoms with Crippen molar-refractivity contribution in [3.8, 4) is 0 Å². The normalized spacial score (nSPS) is 14.5. The molecule has 0 bridgehead atoms. The van der Waals surface area contributed by atoms with Crippen LogP contribution in [0.5, 0.6) is 0 Å². The Morgan fingerprint density at radius 3 is 0.780 bits per heavy atom. The van der Waals surface area contributed by atoms with Crippen LogP contribution in [0.2, 0.25) is 0 Å². The van der Waals surface area contributed by atoms with E-state index in [-0.39, 0.29) is 25.7 Å². The van der Waals surface area contributed by atoms with Gasteiger partial charge in [0.25, 0.3) is 0 Å². The Morgan fingerprint density at radius 2 is 0.527 bits per heavy atom. The van der Waals surface area contributed by atoms with Gasteiger partial charge in [-0.05, 0) is 49.4 Å². The summed E-state index contributed by atoms with van der Waals surface area (Å²) in [6.07, 6.45) is 44.5. The highest BCUT2D eigenvalue weighted by Crippen LogP contribution is 2.45. The minimum Gasteiger partial charge on any atom is -0.462 e. The summed E-state index contributed by atoms with van der Waals surface area (Å²) in [5.41, 5.74) is 0. The minimum absolute atomic E-state index is 0.102. The highest BCUT2D eigenvalue weighted by atomic mass is 31.2. The number of phosphoric ester groups is 2. The third kappa shape index (κ3) is 65.1. The zero-order chi connectivity index (χ0) is 67.5. The van der Waals surface area contributed by atoms with Gasteiger partial charge in [0.15, 0.2) is 12.2 Å². The van der Waals surface area contributed by atoms with E-state index in [9.17, 15) is 43.2 Å². The zero-order valence-electron chi connectivity index (χ0n) is 59.5. The number of rotatable bonds is 69. The minimum atomic E-state index is -4.95. The van der Waals surface area contributed by atoms with E-state index in [0.717, 1.165) is 114 Å². The summed E-state index contributed by atoms with van der Waals surface area (Å²) in [6.45, 7) is 14.1. The Bertz CT molecular complexity index is 1800. The predicted molar refractivity (Wildman–Crippen MR) is 367 cm³/mol. The number of aliphatic hydroxyl groups excluding tert-OH is 1. The van der Waals surface area contributed by atoms with Crippen molar-refractivity contribution in [3.63, 3.8) is 0 Å². The van der Waals surface area contributed by atoms with E-state index in [2.05, 4.69) is 55.4 Å². The summed E-state index contributed by atoms with van der Waals surface area (Å²) in [6, 6.07) is 0. The van der Waals surface area contributed by atoms with Gasteiger partial charge in [0.05, 0.1) is 26.4 Å². The van der Waals surface area contributed by atoms with Crippen LogP contribution in [0.4, 0.5) is 0 Å². The van der Waals surface area contributed by atoms with Crippen molar-refractivity contribution in [1.29, 1.82) is 0 Å². The maximum Gasteiger partial charge on any atom is 0.472 e. The number of phosphoric acid groups is 2. The fraction of sp³-hybridized carbons (Fsp3) is 0.944. The van der Waals surface area contributed by atoms with Crippen molar-refractivity contribution in [2.45, 2.75) is 375 Å². The van der Waals surface area contributed by atoms with Gasteiger partial charge in [-0.25, -0.2) is 9.13 Å². The largest absolute Gasteiger partial charge is 0.472 e. The van der Waals surface area contributed by atoms with Crippen LogP contribution in [0.15, 0.2) is 0 Å². The Kier molecular flexibility index (Phi) is 60.3. The molecule has 0 amide bonds. The molecule has 0 aliphatic heterocycles. The Labute approximate surface area is 556 Å². The van der Waals surface area contributed by atoms with Crippen LogP contribution in [0.1, 0.15) is 357 Å². The average Bonchev–Trinajstić information content (AvgIpc) is 3.08. The fourth-order valence-corrected chi connectivity index (χ4v) is 12.4. The highest BCUT2D eigenvalue weighted by molar-refractivity contribution is 7.47. The molecule has 17 nitrogen and oxygen atoms in total. The second-order valence-corrected chi connectivity index (χ2v) is 30.6. The summed E-state index contributed by atoms with van der Waals surface area (Å²) >= 11 is 0. The number of hydrogen-bond donors (Lipinski definition) is 3. The highest BCUT2D eigenvalue weighted by Gasteiger charge is 2.30. The molecule has 0 aromatic rings. The van der Waals surface area contributed by atoms with Crippen LogP contribution in [-0.2, 0) is 65.4 Å². The van der Waals surface area contributed by atoms with Gasteiger partial charge in [0.2, 0.25) is 0 Å². The van der Waals surface area contributed by atoms with E-state index in [0.29, 0.717) is 25.7 Å². The summed E-state index contributed by atoms with van der Waals surface area (Å²) in [5, 5.41) is 10.6. The number of carbonyl (C=O) groups excluding carboxylic acids is 4. The van der Waals surface area contributed by atoms with Crippen LogP contribution in [0.25, 0.3) is 0 Å². The first-order valence-electron chi connectivity index (χ1n) is 37.2. The van der Waals surface area contributed by atoms with Crippen molar-refractivity contribution >= 4 is 39.5 Å². The van der Waals surface area contributed by atoms with Crippen LogP contribution in [-0.4, -0.2) is 96.7 Å². The molecule has 0 heterocycles. The topological polar surface area (TPSA) is 237 Å². The van der Waals surface area contributed by atoms with Crippen LogP contribution in [0.3, 0.4) is 0 Å². The quantitative estimate of drug-likeness (QED) is 0.0222. The Hall–Kier alpha value is -1.94.